The van der Waals surface area contributed by atoms with Crippen LogP contribution in [0.25, 0.3) is 0 Å². The predicted octanol–water partition coefficient (Wildman–Crippen LogP) is 0.530. The van der Waals surface area contributed by atoms with Gasteiger partial charge in [-0.1, -0.05) is 17.2 Å². The fourth-order valence-electron chi connectivity index (χ4n) is 1.69. The number of aryl methyl sites for hydroxylation is 2. The van der Waals surface area contributed by atoms with Crippen molar-refractivity contribution in [3.8, 4) is 0 Å². The van der Waals surface area contributed by atoms with Crippen LogP contribution in [-0.2, 0) is 4.79 Å². The molecule has 0 aliphatic rings. The number of hydrogen-bond donors (Lipinski definition) is 3. The van der Waals surface area contributed by atoms with Crippen molar-refractivity contribution < 1.29 is 14.7 Å². The summed E-state index contributed by atoms with van der Waals surface area (Å²) in [6, 6.07) is 5.53. The molecule has 0 bridgehead atoms. The number of aliphatic hydroxyl groups is 1. The van der Waals surface area contributed by atoms with Crippen LogP contribution in [0.15, 0.2) is 18.2 Å². The van der Waals surface area contributed by atoms with Gasteiger partial charge >= 0.3 is 0 Å². The first-order valence-corrected chi connectivity index (χ1v) is 6.19. The Kier molecular flexibility index (Phi) is 5.51. The van der Waals surface area contributed by atoms with E-state index in [1.165, 1.54) is 0 Å². The Balaban J connectivity index is 2.49. The van der Waals surface area contributed by atoms with Crippen molar-refractivity contribution in [3.63, 3.8) is 0 Å². The Morgan fingerprint density at radius 3 is 2.26 bits per heavy atom. The third kappa shape index (κ3) is 5.52. The van der Waals surface area contributed by atoms with E-state index >= 15 is 0 Å². The first-order valence-electron chi connectivity index (χ1n) is 6.19. The average Bonchev–Trinajstić information content (AvgIpc) is 2.32. The second-order valence-corrected chi connectivity index (χ2v) is 4.71. The van der Waals surface area contributed by atoms with Crippen molar-refractivity contribution in [1.29, 1.82) is 0 Å². The highest BCUT2D eigenvalue weighted by Gasteiger charge is 2.09. The van der Waals surface area contributed by atoms with Crippen molar-refractivity contribution >= 4 is 11.8 Å². The quantitative estimate of drug-likeness (QED) is 0.726. The van der Waals surface area contributed by atoms with Crippen LogP contribution in [0.3, 0.4) is 0 Å². The first kappa shape index (κ1) is 15.2. The van der Waals surface area contributed by atoms with Crippen LogP contribution < -0.4 is 10.6 Å². The molecule has 0 fully saturated rings. The molecule has 0 saturated carbocycles. The molecule has 0 saturated heterocycles. The molecule has 1 unspecified atom stereocenters. The molecule has 0 aliphatic carbocycles. The maximum absolute atomic E-state index is 11.9. The number of nitrogens with one attached hydrogen (secondary N) is 2. The fraction of sp³-hybridized carbons (Fsp3) is 0.429. The highest BCUT2D eigenvalue weighted by molar-refractivity contribution is 5.96. The molecule has 5 heteroatoms. The monoisotopic (exact) mass is 264 g/mol. The Morgan fingerprint density at radius 2 is 1.74 bits per heavy atom. The summed E-state index contributed by atoms with van der Waals surface area (Å²) in [5.74, 6) is -0.599. The molecule has 1 atom stereocenters. The summed E-state index contributed by atoms with van der Waals surface area (Å²) in [5.41, 5.74) is 2.55. The lowest BCUT2D eigenvalue weighted by atomic mass is 10.1. The van der Waals surface area contributed by atoms with E-state index in [0.717, 1.165) is 11.1 Å². The van der Waals surface area contributed by atoms with Crippen molar-refractivity contribution in [2.24, 2.45) is 0 Å². The highest BCUT2D eigenvalue weighted by atomic mass is 16.3. The van der Waals surface area contributed by atoms with Gasteiger partial charge in [0.25, 0.3) is 5.91 Å². The SMILES string of the molecule is Cc1cc(C)cc(C(=O)NCC(=O)NCC(C)O)c1. The molecule has 5 nitrogen and oxygen atoms in total. The van der Waals surface area contributed by atoms with E-state index in [1.54, 1.807) is 19.1 Å². The maximum Gasteiger partial charge on any atom is 0.251 e. The van der Waals surface area contributed by atoms with Gasteiger partial charge in [0.1, 0.15) is 0 Å². The maximum atomic E-state index is 11.9. The van der Waals surface area contributed by atoms with Gasteiger partial charge in [0, 0.05) is 12.1 Å². The summed E-state index contributed by atoms with van der Waals surface area (Å²) < 4.78 is 0. The normalized spacial score (nSPS) is 11.8. The molecule has 104 valence electrons. The number of amides is 2. The fourth-order valence-corrected chi connectivity index (χ4v) is 1.69. The average molecular weight is 264 g/mol. The smallest absolute Gasteiger partial charge is 0.251 e. The second kappa shape index (κ2) is 6.89. The Morgan fingerprint density at radius 1 is 1.16 bits per heavy atom. The summed E-state index contributed by atoms with van der Waals surface area (Å²) in [7, 11) is 0. The zero-order valence-electron chi connectivity index (χ0n) is 11.5. The lowest BCUT2D eigenvalue weighted by molar-refractivity contribution is -0.120. The molecule has 0 heterocycles. The minimum atomic E-state index is -0.598. The highest BCUT2D eigenvalue weighted by Crippen LogP contribution is 2.08. The molecule has 0 aliphatic heterocycles. The summed E-state index contributed by atoms with van der Waals surface area (Å²) in [6.07, 6.45) is -0.598. The van der Waals surface area contributed by atoms with Crippen molar-refractivity contribution in [2.45, 2.75) is 26.9 Å². The van der Waals surface area contributed by atoms with Gasteiger partial charge in [-0.3, -0.25) is 9.59 Å². The zero-order chi connectivity index (χ0) is 14.4. The van der Waals surface area contributed by atoms with E-state index in [2.05, 4.69) is 10.6 Å². The van der Waals surface area contributed by atoms with Gasteiger partial charge < -0.3 is 15.7 Å². The molecule has 0 spiro atoms. The Bertz CT molecular complexity index is 450. The minimum absolute atomic E-state index is 0.0987. The van der Waals surface area contributed by atoms with Crippen LogP contribution in [0.5, 0.6) is 0 Å². The number of hydrogen-bond acceptors (Lipinski definition) is 3. The third-order valence-corrected chi connectivity index (χ3v) is 2.49. The van der Waals surface area contributed by atoms with Crippen LogP contribution in [-0.4, -0.2) is 36.1 Å². The van der Waals surface area contributed by atoms with E-state index in [1.807, 2.05) is 19.9 Å². The van der Waals surface area contributed by atoms with Gasteiger partial charge in [-0.05, 0) is 32.9 Å². The second-order valence-electron chi connectivity index (χ2n) is 4.71. The summed E-state index contributed by atoms with van der Waals surface area (Å²) in [6.45, 7) is 5.49. The summed E-state index contributed by atoms with van der Waals surface area (Å²) in [5, 5.41) is 14.1. The summed E-state index contributed by atoms with van der Waals surface area (Å²) in [4.78, 5) is 23.2. The molecule has 3 N–H and O–H groups in total. The lowest BCUT2D eigenvalue weighted by Crippen LogP contribution is -2.39. The third-order valence-electron chi connectivity index (χ3n) is 2.49. The molecule has 0 aromatic heterocycles. The van der Waals surface area contributed by atoms with Gasteiger partial charge in [-0.15, -0.1) is 0 Å². The molecule has 1 aromatic rings. The van der Waals surface area contributed by atoms with Crippen molar-refractivity contribution in [2.75, 3.05) is 13.1 Å². The van der Waals surface area contributed by atoms with Crippen LogP contribution in [0, 0.1) is 13.8 Å². The molecule has 1 rings (SSSR count). The standard InChI is InChI=1S/C14H20N2O3/c1-9-4-10(2)6-12(5-9)14(19)16-8-13(18)15-7-11(3)17/h4-6,11,17H,7-8H2,1-3H3,(H,15,18)(H,16,19). The zero-order valence-corrected chi connectivity index (χ0v) is 11.5. The van der Waals surface area contributed by atoms with Gasteiger partial charge in [-0.25, -0.2) is 0 Å². The number of carbonyl (C=O) groups is 2. The minimum Gasteiger partial charge on any atom is -0.392 e. The Labute approximate surface area is 113 Å². The molecular formula is C14H20N2O3. The van der Waals surface area contributed by atoms with E-state index in [0.29, 0.717) is 5.56 Å². The van der Waals surface area contributed by atoms with Crippen LogP contribution in [0.2, 0.25) is 0 Å². The van der Waals surface area contributed by atoms with Gasteiger partial charge in [-0.2, -0.15) is 0 Å². The first-order chi connectivity index (χ1) is 8.88. The van der Waals surface area contributed by atoms with E-state index in [9.17, 15) is 9.59 Å². The Hall–Kier alpha value is -1.88. The van der Waals surface area contributed by atoms with E-state index in [-0.39, 0.29) is 24.9 Å². The van der Waals surface area contributed by atoms with Gasteiger partial charge in [0.2, 0.25) is 5.91 Å². The van der Waals surface area contributed by atoms with Gasteiger partial charge in [0.05, 0.1) is 12.6 Å². The molecule has 1 aromatic carbocycles. The molecule has 0 radical (unpaired) electrons. The molecule has 19 heavy (non-hydrogen) atoms. The number of rotatable bonds is 5. The van der Waals surface area contributed by atoms with Crippen molar-refractivity contribution in [3.05, 3.63) is 34.9 Å². The van der Waals surface area contributed by atoms with E-state index < -0.39 is 6.10 Å². The van der Waals surface area contributed by atoms with Crippen LogP contribution in [0.1, 0.15) is 28.4 Å². The number of aliphatic hydroxyl groups excluding tert-OH is 1. The largest absolute Gasteiger partial charge is 0.392 e. The van der Waals surface area contributed by atoms with Crippen LogP contribution >= 0.6 is 0 Å². The molecule has 2 amide bonds. The van der Waals surface area contributed by atoms with E-state index in [4.69, 9.17) is 5.11 Å². The van der Waals surface area contributed by atoms with Crippen molar-refractivity contribution in [1.82, 2.24) is 10.6 Å². The topological polar surface area (TPSA) is 78.4 Å². The summed E-state index contributed by atoms with van der Waals surface area (Å²) >= 11 is 0. The number of benzene rings is 1. The van der Waals surface area contributed by atoms with Crippen LogP contribution in [0.4, 0.5) is 0 Å². The predicted molar refractivity (Wildman–Crippen MR) is 72.9 cm³/mol. The molecular weight excluding hydrogens is 244 g/mol. The number of carbonyl (C=O) groups excluding carboxylic acids is 2. The lowest BCUT2D eigenvalue weighted by Gasteiger charge is -2.09. The van der Waals surface area contributed by atoms with Gasteiger partial charge in [0.15, 0.2) is 0 Å².